The maximum Gasteiger partial charge on any atom is 0.265 e. The number of carbonyl (C=O) groups excluding carboxylic acids is 1. The van der Waals surface area contributed by atoms with Crippen molar-refractivity contribution >= 4 is 32.4 Å². The lowest BCUT2D eigenvalue weighted by atomic mass is 10.1. The second kappa shape index (κ2) is 7.31. The van der Waals surface area contributed by atoms with Crippen molar-refractivity contribution in [2.45, 2.75) is 19.5 Å². The predicted molar refractivity (Wildman–Crippen MR) is 101 cm³/mol. The molecule has 3 rings (SSSR count). The largest absolute Gasteiger partial charge is 0.301 e. The highest BCUT2D eigenvalue weighted by Crippen LogP contribution is 2.32. The fraction of sp³-hybridized carbons (Fsp3) is 0.375. The van der Waals surface area contributed by atoms with E-state index in [1.54, 1.807) is 24.3 Å². The molecule has 0 fully saturated rings. The van der Waals surface area contributed by atoms with E-state index in [-0.39, 0.29) is 6.54 Å². The van der Waals surface area contributed by atoms with Gasteiger partial charge >= 0.3 is 0 Å². The van der Waals surface area contributed by atoms with Crippen LogP contribution in [0.5, 0.6) is 0 Å². The normalized spacial score (nSPS) is 14.7. The lowest BCUT2D eigenvalue weighted by Crippen LogP contribution is -2.30. The van der Waals surface area contributed by atoms with Crippen LogP contribution < -0.4 is 15.6 Å². The summed E-state index contributed by atoms with van der Waals surface area (Å²) in [7, 11) is -1.45. The summed E-state index contributed by atoms with van der Waals surface area (Å²) in [5, 5.41) is 0.483. The Kier molecular flexibility index (Phi) is 5.28. The first-order valence-corrected chi connectivity index (χ1v) is 10.7. The van der Waals surface area contributed by atoms with Crippen molar-refractivity contribution in [2.24, 2.45) is 5.84 Å². The Morgan fingerprint density at radius 1 is 1.38 bits per heavy atom. The molecule has 1 aliphatic rings. The summed E-state index contributed by atoms with van der Waals surface area (Å²) in [5.41, 5.74) is 4.21. The number of aromatic nitrogens is 1. The molecule has 1 amide bonds. The number of thiazole rings is 1. The smallest absolute Gasteiger partial charge is 0.265 e. The van der Waals surface area contributed by atoms with Gasteiger partial charge in [-0.1, -0.05) is 23.5 Å². The zero-order chi connectivity index (χ0) is 18.9. The van der Waals surface area contributed by atoms with Crippen LogP contribution in [0.3, 0.4) is 0 Å². The third-order valence-electron chi connectivity index (χ3n) is 4.20. The van der Waals surface area contributed by atoms with Crippen LogP contribution in [0.25, 0.3) is 0 Å². The molecule has 0 saturated carbocycles. The Balaban J connectivity index is 1.87. The molecule has 0 saturated heterocycles. The fourth-order valence-corrected chi connectivity index (χ4v) is 5.07. The summed E-state index contributed by atoms with van der Waals surface area (Å²) < 4.78 is 26.0. The summed E-state index contributed by atoms with van der Waals surface area (Å²) in [5.74, 6) is 4.72. The lowest BCUT2D eigenvalue weighted by molar-refractivity contribution is 0.0953. The van der Waals surface area contributed by atoms with Crippen LogP contribution in [-0.2, 0) is 29.5 Å². The second-order valence-corrected chi connectivity index (χ2v) is 9.26. The Labute approximate surface area is 156 Å². The van der Waals surface area contributed by atoms with E-state index >= 15 is 0 Å². The number of hydrogen-bond acceptors (Lipinski definition) is 7. The number of nitrogen functional groups attached to an aromatic ring is 1. The molecule has 1 aromatic carbocycles. The van der Waals surface area contributed by atoms with Crippen molar-refractivity contribution in [3.63, 3.8) is 0 Å². The Hall–Kier alpha value is -2.01. The average Bonchev–Trinajstić information content (AvgIpc) is 3.01. The second-order valence-electron chi connectivity index (χ2n) is 6.29. The minimum absolute atomic E-state index is 0.158. The zero-order valence-electron chi connectivity index (χ0n) is 14.6. The minimum Gasteiger partial charge on any atom is -0.301 e. The van der Waals surface area contributed by atoms with Crippen molar-refractivity contribution in [1.29, 1.82) is 0 Å². The van der Waals surface area contributed by atoms with Gasteiger partial charge in [-0.2, -0.15) is 0 Å². The van der Waals surface area contributed by atoms with Crippen molar-refractivity contribution in [2.75, 3.05) is 24.2 Å². The molecule has 1 aromatic heterocycles. The summed E-state index contributed by atoms with van der Waals surface area (Å²) in [6.07, 6.45) is 2.00. The van der Waals surface area contributed by atoms with Crippen molar-refractivity contribution < 1.29 is 13.2 Å². The molecule has 140 valence electrons. The van der Waals surface area contributed by atoms with E-state index in [2.05, 4.69) is 15.3 Å². The molecule has 26 heavy (non-hydrogen) atoms. The first kappa shape index (κ1) is 18.8. The van der Waals surface area contributed by atoms with Gasteiger partial charge in [-0.3, -0.25) is 10.2 Å². The van der Waals surface area contributed by atoms with Gasteiger partial charge in [0.1, 0.15) is 0 Å². The molecule has 0 aliphatic carbocycles. The Morgan fingerprint density at radius 3 is 2.69 bits per heavy atom. The van der Waals surface area contributed by atoms with Gasteiger partial charge in [0.25, 0.3) is 5.91 Å². The third kappa shape index (κ3) is 4.04. The molecule has 8 nitrogen and oxygen atoms in total. The van der Waals surface area contributed by atoms with Gasteiger partial charge in [0.2, 0.25) is 10.0 Å². The van der Waals surface area contributed by atoms with E-state index in [4.69, 9.17) is 5.84 Å². The zero-order valence-corrected chi connectivity index (χ0v) is 16.2. The molecule has 2 aromatic rings. The SMILES string of the molecule is CN1CCc2nc(N(Cc3ccc(C(=O)NN)cc3)S(C)(=O)=O)sc2C1. The lowest BCUT2D eigenvalue weighted by Gasteiger charge is -2.20. The van der Waals surface area contributed by atoms with E-state index in [0.717, 1.165) is 35.6 Å². The summed E-state index contributed by atoms with van der Waals surface area (Å²) in [6, 6.07) is 6.65. The van der Waals surface area contributed by atoms with Crippen molar-refractivity contribution in [3.8, 4) is 0 Å². The van der Waals surface area contributed by atoms with Crippen LogP contribution >= 0.6 is 11.3 Å². The number of sulfonamides is 1. The molecule has 0 bridgehead atoms. The molecular formula is C16H21N5O3S2. The molecule has 1 aliphatic heterocycles. The molecule has 0 radical (unpaired) electrons. The van der Waals surface area contributed by atoms with Gasteiger partial charge in [0.05, 0.1) is 18.5 Å². The van der Waals surface area contributed by atoms with Crippen LogP contribution in [0.15, 0.2) is 24.3 Å². The number of nitrogens with two attached hydrogens (primary N) is 1. The van der Waals surface area contributed by atoms with Crippen LogP contribution in [-0.4, -0.2) is 44.1 Å². The number of likely N-dealkylation sites (N-methyl/N-ethyl adjacent to an activating group) is 1. The number of hydrogen-bond donors (Lipinski definition) is 2. The standard InChI is InChI=1S/C16H21N5O3S2/c1-20-8-7-13-14(10-20)25-16(18-13)21(26(2,23)24)9-11-3-5-12(6-4-11)15(22)19-17/h3-6H,7-10,17H2,1-2H3,(H,19,22). The Bertz CT molecular complexity index is 908. The molecule has 2 heterocycles. The Morgan fingerprint density at radius 2 is 2.08 bits per heavy atom. The number of amides is 1. The van der Waals surface area contributed by atoms with E-state index in [1.165, 1.54) is 21.9 Å². The van der Waals surface area contributed by atoms with Crippen LogP contribution in [0.2, 0.25) is 0 Å². The topological polar surface area (TPSA) is 109 Å². The number of rotatable bonds is 5. The first-order chi connectivity index (χ1) is 12.3. The minimum atomic E-state index is -3.49. The first-order valence-electron chi connectivity index (χ1n) is 8.02. The van der Waals surface area contributed by atoms with E-state index < -0.39 is 15.9 Å². The third-order valence-corrected chi connectivity index (χ3v) is 6.52. The van der Waals surface area contributed by atoms with Crippen LogP contribution in [0.1, 0.15) is 26.5 Å². The maximum atomic E-state index is 12.3. The van der Waals surface area contributed by atoms with Crippen molar-refractivity contribution in [1.82, 2.24) is 15.3 Å². The van der Waals surface area contributed by atoms with Gasteiger partial charge in [0.15, 0.2) is 5.13 Å². The van der Waals surface area contributed by atoms with Gasteiger partial charge < -0.3 is 4.90 Å². The molecule has 0 atom stereocenters. The van der Waals surface area contributed by atoms with Crippen LogP contribution in [0.4, 0.5) is 5.13 Å². The van der Waals surface area contributed by atoms with E-state index in [1.807, 2.05) is 7.05 Å². The molecule has 3 N–H and O–H groups in total. The number of benzene rings is 1. The van der Waals surface area contributed by atoms with Gasteiger partial charge in [0, 0.05) is 30.0 Å². The number of hydrazine groups is 1. The molecule has 0 unspecified atom stereocenters. The number of anilines is 1. The number of nitrogens with zero attached hydrogens (tertiary/aromatic N) is 3. The summed E-state index contributed by atoms with van der Waals surface area (Å²) >= 11 is 1.42. The number of nitrogens with one attached hydrogen (secondary N) is 1. The van der Waals surface area contributed by atoms with Gasteiger partial charge in [-0.15, -0.1) is 0 Å². The average molecular weight is 396 g/mol. The molecular weight excluding hydrogens is 374 g/mol. The highest BCUT2D eigenvalue weighted by Gasteiger charge is 2.25. The molecule has 10 heteroatoms. The van der Waals surface area contributed by atoms with E-state index in [9.17, 15) is 13.2 Å². The monoisotopic (exact) mass is 395 g/mol. The maximum absolute atomic E-state index is 12.3. The van der Waals surface area contributed by atoms with Gasteiger partial charge in [-0.25, -0.2) is 23.5 Å². The number of carbonyl (C=O) groups is 1. The highest BCUT2D eigenvalue weighted by atomic mass is 32.2. The van der Waals surface area contributed by atoms with Crippen LogP contribution in [0, 0.1) is 0 Å². The van der Waals surface area contributed by atoms with Gasteiger partial charge in [-0.05, 0) is 24.7 Å². The summed E-state index contributed by atoms with van der Waals surface area (Å²) in [4.78, 5) is 19.4. The fourth-order valence-electron chi connectivity index (χ4n) is 2.75. The van der Waals surface area contributed by atoms with Crippen molar-refractivity contribution in [3.05, 3.63) is 46.0 Å². The van der Waals surface area contributed by atoms with E-state index in [0.29, 0.717) is 10.7 Å². The highest BCUT2D eigenvalue weighted by molar-refractivity contribution is 7.92. The molecule has 0 spiro atoms. The predicted octanol–water partition coefficient (Wildman–Crippen LogP) is 0.701. The summed E-state index contributed by atoms with van der Waals surface area (Å²) in [6.45, 7) is 1.86. The quantitative estimate of drug-likeness (QED) is 0.438. The number of fused-ring (bicyclic) bond motifs is 1.